The molecule has 0 saturated heterocycles. The van der Waals surface area contributed by atoms with Crippen LogP contribution < -0.4 is 30.0 Å². The maximum absolute atomic E-state index is 13.1. The Balaban J connectivity index is 1.42. The molecular weight excluding hydrogens is 514 g/mol. The predicted octanol–water partition coefficient (Wildman–Crippen LogP) is 5.30. The van der Waals surface area contributed by atoms with Crippen LogP contribution in [-0.2, 0) is 11.2 Å². The number of rotatable bonds is 10. The number of hydrogen-bond acceptors (Lipinski definition) is 9. The van der Waals surface area contributed by atoms with Gasteiger partial charge < -0.3 is 38.9 Å². The number of nitrogens with zero attached hydrogens (tertiary/aromatic N) is 1. The monoisotopic (exact) mass is 543 g/mol. The van der Waals surface area contributed by atoms with Gasteiger partial charge in [-0.05, 0) is 42.0 Å². The predicted molar refractivity (Wildman–Crippen MR) is 150 cm³/mol. The number of fused-ring (bicyclic) bond motifs is 1. The summed E-state index contributed by atoms with van der Waals surface area (Å²) in [6.45, 7) is 0. The Morgan fingerprint density at radius 2 is 1.62 bits per heavy atom. The van der Waals surface area contributed by atoms with E-state index in [0.29, 0.717) is 51.3 Å². The quantitative estimate of drug-likeness (QED) is 0.241. The molecule has 0 radical (unpaired) electrons. The van der Waals surface area contributed by atoms with Crippen LogP contribution in [0.25, 0.3) is 33.4 Å². The van der Waals surface area contributed by atoms with Gasteiger partial charge in [-0.15, -0.1) is 0 Å². The van der Waals surface area contributed by atoms with Gasteiger partial charge in [0, 0.05) is 22.9 Å². The van der Waals surface area contributed by atoms with Crippen molar-refractivity contribution in [3.63, 3.8) is 0 Å². The number of hydrogen-bond donors (Lipinski definition) is 2. The first kappa shape index (κ1) is 26.6. The Hall–Kier alpha value is -4.96. The summed E-state index contributed by atoms with van der Waals surface area (Å²) in [5.74, 6) is 2.14. The molecule has 0 fully saturated rings. The molecule has 1 amide bonds. The summed E-state index contributed by atoms with van der Waals surface area (Å²) in [6, 6.07) is 17.6. The van der Waals surface area contributed by atoms with Crippen molar-refractivity contribution < 1.29 is 32.7 Å². The molecule has 0 aliphatic heterocycles. The number of nitrogens with two attached hydrogens (primary N) is 1. The summed E-state index contributed by atoms with van der Waals surface area (Å²) in [5, 5.41) is 8.06. The maximum atomic E-state index is 13.1. The van der Waals surface area contributed by atoms with Crippen LogP contribution in [0.1, 0.15) is 5.76 Å². The lowest BCUT2D eigenvalue weighted by Gasteiger charge is -2.15. The van der Waals surface area contributed by atoms with Gasteiger partial charge >= 0.3 is 0 Å². The first-order valence-corrected chi connectivity index (χ1v) is 12.4. The van der Waals surface area contributed by atoms with E-state index in [1.54, 1.807) is 38.5 Å². The molecule has 10 nitrogen and oxygen atoms in total. The second-order valence-electron chi connectivity index (χ2n) is 8.96. The normalized spacial score (nSPS) is 11.7. The molecule has 5 aromatic rings. The standard InChI is InChI=1S/C30H29N3O7/c1-35-25-10-9-17(21-16-39-33-28(21)19-13-26(36-2)29(38-4)27(14-19)37-3)12-23(25)32-30(34)22(31)15-20-11-18-7-5-6-8-24(18)40-20/h5-14,16,22H,15,31H2,1-4H3,(H,32,34). The van der Waals surface area contributed by atoms with E-state index in [4.69, 9.17) is 33.6 Å². The lowest BCUT2D eigenvalue weighted by atomic mass is 10.00. The molecule has 0 spiro atoms. The first-order valence-electron chi connectivity index (χ1n) is 12.4. The molecule has 0 bridgehead atoms. The van der Waals surface area contributed by atoms with Crippen LogP contribution in [0.15, 0.2) is 75.9 Å². The fourth-order valence-electron chi connectivity index (χ4n) is 4.51. The number of para-hydroxylation sites is 1. The summed E-state index contributed by atoms with van der Waals surface area (Å²) < 4.78 is 33.1. The summed E-state index contributed by atoms with van der Waals surface area (Å²) in [5.41, 5.74) is 10.1. The zero-order chi connectivity index (χ0) is 28.2. The molecule has 0 saturated carbocycles. The maximum Gasteiger partial charge on any atom is 0.241 e. The number of furan rings is 1. The number of benzene rings is 3. The summed E-state index contributed by atoms with van der Waals surface area (Å²) in [4.78, 5) is 13.1. The third-order valence-corrected chi connectivity index (χ3v) is 6.51. The fraction of sp³-hybridized carbons (Fsp3) is 0.200. The zero-order valence-corrected chi connectivity index (χ0v) is 22.5. The molecule has 0 aliphatic carbocycles. The molecule has 5 rings (SSSR count). The van der Waals surface area contributed by atoms with E-state index in [2.05, 4.69) is 10.5 Å². The molecular formula is C30H29N3O7. The van der Waals surface area contributed by atoms with Gasteiger partial charge in [-0.2, -0.15) is 0 Å². The van der Waals surface area contributed by atoms with E-state index < -0.39 is 6.04 Å². The van der Waals surface area contributed by atoms with Crippen molar-refractivity contribution in [3.8, 4) is 45.4 Å². The van der Waals surface area contributed by atoms with Crippen LogP contribution in [0.4, 0.5) is 5.69 Å². The van der Waals surface area contributed by atoms with Gasteiger partial charge in [0.25, 0.3) is 0 Å². The van der Waals surface area contributed by atoms with Crippen molar-refractivity contribution in [2.45, 2.75) is 12.5 Å². The van der Waals surface area contributed by atoms with Gasteiger partial charge in [-0.3, -0.25) is 4.79 Å². The van der Waals surface area contributed by atoms with E-state index in [1.165, 1.54) is 20.5 Å². The number of carbonyl (C=O) groups is 1. The smallest absolute Gasteiger partial charge is 0.241 e. The Kier molecular flexibility index (Phi) is 7.61. The van der Waals surface area contributed by atoms with Crippen molar-refractivity contribution in [1.29, 1.82) is 0 Å². The van der Waals surface area contributed by atoms with Crippen LogP contribution >= 0.6 is 0 Å². The summed E-state index contributed by atoms with van der Waals surface area (Å²) >= 11 is 0. The minimum Gasteiger partial charge on any atom is -0.495 e. The van der Waals surface area contributed by atoms with Gasteiger partial charge in [0.2, 0.25) is 11.7 Å². The highest BCUT2D eigenvalue weighted by molar-refractivity contribution is 5.97. The van der Waals surface area contributed by atoms with E-state index in [0.717, 1.165) is 16.5 Å². The van der Waals surface area contributed by atoms with Crippen LogP contribution in [-0.4, -0.2) is 45.5 Å². The van der Waals surface area contributed by atoms with Gasteiger partial charge in [-0.1, -0.05) is 29.4 Å². The van der Waals surface area contributed by atoms with Crippen LogP contribution in [0.3, 0.4) is 0 Å². The highest BCUT2D eigenvalue weighted by atomic mass is 16.5. The Morgan fingerprint density at radius 3 is 2.30 bits per heavy atom. The molecule has 2 aromatic heterocycles. The second kappa shape index (κ2) is 11.4. The molecule has 2 heterocycles. The lowest BCUT2D eigenvalue weighted by molar-refractivity contribution is -0.117. The third-order valence-electron chi connectivity index (χ3n) is 6.51. The zero-order valence-electron chi connectivity index (χ0n) is 22.5. The van der Waals surface area contributed by atoms with Crippen LogP contribution in [0, 0.1) is 0 Å². The van der Waals surface area contributed by atoms with E-state index in [1.807, 2.05) is 36.4 Å². The highest BCUT2D eigenvalue weighted by Gasteiger charge is 2.22. The van der Waals surface area contributed by atoms with Crippen molar-refractivity contribution in [2.75, 3.05) is 33.8 Å². The number of carbonyl (C=O) groups excluding carboxylic acids is 1. The number of aromatic nitrogens is 1. The van der Waals surface area contributed by atoms with Gasteiger partial charge in [-0.25, -0.2) is 0 Å². The van der Waals surface area contributed by atoms with Gasteiger partial charge in [0.05, 0.1) is 40.2 Å². The average Bonchev–Trinajstić information content (AvgIpc) is 3.63. The average molecular weight is 544 g/mol. The van der Waals surface area contributed by atoms with Crippen LogP contribution in [0.2, 0.25) is 0 Å². The van der Waals surface area contributed by atoms with Crippen molar-refractivity contribution in [2.24, 2.45) is 5.73 Å². The topological polar surface area (TPSA) is 131 Å². The van der Waals surface area contributed by atoms with E-state index in [9.17, 15) is 4.79 Å². The SMILES string of the molecule is COc1ccc(-c2conc2-c2cc(OC)c(OC)c(OC)c2)cc1NC(=O)C(N)Cc1cc2ccccc2o1. The minimum atomic E-state index is -0.848. The molecule has 1 atom stereocenters. The number of amides is 1. The molecule has 3 aromatic carbocycles. The number of nitrogens with one attached hydrogen (secondary N) is 1. The molecule has 0 aliphatic rings. The summed E-state index contributed by atoms with van der Waals surface area (Å²) in [7, 11) is 6.15. The Morgan fingerprint density at radius 1 is 0.900 bits per heavy atom. The summed E-state index contributed by atoms with van der Waals surface area (Å²) in [6.07, 6.45) is 1.76. The minimum absolute atomic E-state index is 0.236. The largest absolute Gasteiger partial charge is 0.495 e. The Labute approximate surface area is 230 Å². The van der Waals surface area contributed by atoms with E-state index >= 15 is 0 Å². The fourth-order valence-corrected chi connectivity index (χ4v) is 4.51. The number of anilines is 1. The van der Waals surface area contributed by atoms with Gasteiger partial charge in [0.1, 0.15) is 29.0 Å². The first-order chi connectivity index (χ1) is 19.4. The Bertz CT molecular complexity index is 1600. The second-order valence-corrected chi connectivity index (χ2v) is 8.96. The molecule has 3 N–H and O–H groups in total. The highest BCUT2D eigenvalue weighted by Crippen LogP contribution is 2.43. The van der Waals surface area contributed by atoms with Crippen molar-refractivity contribution in [3.05, 3.63) is 72.7 Å². The molecule has 40 heavy (non-hydrogen) atoms. The van der Waals surface area contributed by atoms with Crippen LogP contribution in [0.5, 0.6) is 23.0 Å². The van der Waals surface area contributed by atoms with Crippen molar-refractivity contribution >= 4 is 22.6 Å². The number of ether oxygens (including phenoxy) is 4. The van der Waals surface area contributed by atoms with Gasteiger partial charge in [0.15, 0.2) is 11.5 Å². The van der Waals surface area contributed by atoms with E-state index in [-0.39, 0.29) is 12.3 Å². The lowest BCUT2D eigenvalue weighted by Crippen LogP contribution is -2.37. The van der Waals surface area contributed by atoms with Crippen molar-refractivity contribution in [1.82, 2.24) is 5.16 Å². The molecule has 10 heteroatoms. The third kappa shape index (κ3) is 5.16. The molecule has 206 valence electrons. The number of methoxy groups -OCH3 is 4. The molecule has 1 unspecified atom stereocenters.